The molecule has 0 fully saturated rings. The summed E-state index contributed by atoms with van der Waals surface area (Å²) >= 11 is 0. The van der Waals surface area contributed by atoms with Crippen molar-refractivity contribution in [1.29, 1.82) is 0 Å². The number of aromatic hydroxyl groups is 4. The normalized spacial score (nSPS) is 11.0. The van der Waals surface area contributed by atoms with E-state index in [0.717, 1.165) is 22.3 Å². The zero-order valence-electron chi connectivity index (χ0n) is 40.7. The number of hydrogen-bond acceptors (Lipinski definition) is 8. The number of carbonyl (C=O) groups is 4. The third-order valence-electron chi connectivity index (χ3n) is 10.7. The second-order valence-electron chi connectivity index (χ2n) is 18.5. The largest absolute Gasteiger partial charge is 0.507 e. The Morgan fingerprint density at radius 2 is 0.431 bits per heavy atom. The molecule has 0 atom stereocenters. The molecule has 363 valence electrons. The Morgan fingerprint density at radius 3 is 0.523 bits per heavy atom. The van der Waals surface area contributed by atoms with Crippen LogP contribution in [0.2, 0.25) is 0 Å². The first-order valence-electron chi connectivity index (χ1n) is 21.8. The minimum atomic E-state index is -1.08. The summed E-state index contributed by atoms with van der Waals surface area (Å²) in [5, 5.41) is 75.5. The predicted molar refractivity (Wildman–Crippen MR) is 253 cm³/mol. The van der Waals surface area contributed by atoms with E-state index in [9.17, 15) is 39.6 Å². The third kappa shape index (κ3) is 16.5. The van der Waals surface area contributed by atoms with Crippen LogP contribution in [0.25, 0.3) is 0 Å². The Morgan fingerprint density at radius 1 is 0.292 bits per heavy atom. The van der Waals surface area contributed by atoms with Gasteiger partial charge in [0.1, 0.15) is 45.3 Å². The minimum absolute atomic E-state index is 0. The van der Waals surface area contributed by atoms with Gasteiger partial charge >= 0.3 is 23.9 Å². The number of phenols is 4. The van der Waals surface area contributed by atoms with Gasteiger partial charge in [0, 0.05) is 17.1 Å². The van der Waals surface area contributed by atoms with E-state index >= 15 is 0 Å². The second-order valence-corrected chi connectivity index (χ2v) is 18.5. The molecule has 4 rings (SSSR count). The van der Waals surface area contributed by atoms with Gasteiger partial charge in [-0.3, -0.25) is 0 Å². The van der Waals surface area contributed by atoms with Crippen molar-refractivity contribution >= 4 is 23.9 Å². The van der Waals surface area contributed by atoms with Gasteiger partial charge in [-0.25, -0.2) is 19.2 Å². The topological polar surface area (TPSA) is 230 Å². The van der Waals surface area contributed by atoms with Gasteiger partial charge in [-0.2, -0.15) is 0 Å². The Balaban J connectivity index is 0.000000836. The van der Waals surface area contributed by atoms with Crippen LogP contribution in [0.5, 0.6) is 23.0 Å². The number of hydrogen-bond donors (Lipinski definition) is 8. The molecule has 0 bridgehead atoms. The van der Waals surface area contributed by atoms with Crippen molar-refractivity contribution in [1.82, 2.24) is 0 Å². The van der Waals surface area contributed by atoms with Crippen LogP contribution in [-0.2, 0) is 17.1 Å². The molecule has 4 aromatic rings. The Bertz CT molecular complexity index is 1950. The molecular formula is C52H72CuO12. The number of carboxylic acids is 4. The van der Waals surface area contributed by atoms with Gasteiger partial charge in [0.15, 0.2) is 0 Å². The zero-order chi connectivity index (χ0) is 49.8. The number of aromatic carboxylic acids is 4. The van der Waals surface area contributed by atoms with Crippen molar-refractivity contribution in [2.24, 2.45) is 0 Å². The average molecular weight is 953 g/mol. The second kappa shape index (κ2) is 25.8. The summed E-state index contributed by atoms with van der Waals surface area (Å²) < 4.78 is 0. The maximum atomic E-state index is 11.0. The van der Waals surface area contributed by atoms with E-state index in [-0.39, 0.29) is 110 Å². The SMILES string of the molecule is CC(C)c1cc(C(=O)O)c(O)c(C(C)C)c1.CC(C)c1cc(C(=O)O)c(O)c(C(C)C)c1.CC(C)c1cc(C(=O)O)c(O)c(C(C)C)c1.CC(C)c1cc(C(=O)O)c(O)c(C(C)C)c1.[Cu]. The summed E-state index contributed by atoms with van der Waals surface area (Å²) in [4.78, 5) is 44.0. The summed E-state index contributed by atoms with van der Waals surface area (Å²) in [7, 11) is 0. The van der Waals surface area contributed by atoms with Crippen LogP contribution in [0.3, 0.4) is 0 Å². The molecule has 1 radical (unpaired) electrons. The fourth-order valence-electron chi connectivity index (χ4n) is 6.47. The van der Waals surface area contributed by atoms with Gasteiger partial charge in [0.2, 0.25) is 0 Å². The molecule has 0 aromatic heterocycles. The molecule has 0 amide bonds. The number of rotatable bonds is 12. The van der Waals surface area contributed by atoms with E-state index in [1.54, 1.807) is 24.3 Å². The number of benzene rings is 4. The van der Waals surface area contributed by atoms with E-state index in [1.165, 1.54) is 0 Å². The van der Waals surface area contributed by atoms with Crippen LogP contribution >= 0.6 is 0 Å². The minimum Gasteiger partial charge on any atom is -0.507 e. The van der Waals surface area contributed by atoms with Crippen LogP contribution in [0, 0.1) is 0 Å². The van der Waals surface area contributed by atoms with Crippen LogP contribution in [0.4, 0.5) is 0 Å². The summed E-state index contributed by atoms with van der Waals surface area (Å²) in [5.41, 5.74) is 6.55. The number of carboxylic acid groups (broad SMARTS) is 4. The van der Waals surface area contributed by atoms with Crippen molar-refractivity contribution in [2.75, 3.05) is 0 Å². The third-order valence-corrected chi connectivity index (χ3v) is 10.7. The molecule has 13 heteroatoms. The van der Waals surface area contributed by atoms with Crippen molar-refractivity contribution in [2.45, 2.75) is 158 Å². The first-order chi connectivity index (χ1) is 29.4. The van der Waals surface area contributed by atoms with Crippen molar-refractivity contribution in [3.63, 3.8) is 0 Å². The van der Waals surface area contributed by atoms with Crippen LogP contribution in [0.1, 0.15) is 244 Å². The fraction of sp³-hybridized carbons (Fsp3) is 0.462. The molecule has 0 saturated heterocycles. The predicted octanol–water partition coefficient (Wildman–Crippen LogP) is 13.3. The molecule has 65 heavy (non-hydrogen) atoms. The Hall–Kier alpha value is -5.52. The average Bonchev–Trinajstić information content (AvgIpc) is 3.17. The molecule has 0 unspecified atom stereocenters. The van der Waals surface area contributed by atoms with Crippen LogP contribution in [-0.4, -0.2) is 64.7 Å². The van der Waals surface area contributed by atoms with E-state index < -0.39 is 23.9 Å². The van der Waals surface area contributed by atoms with E-state index in [4.69, 9.17) is 20.4 Å². The quantitative estimate of drug-likeness (QED) is 0.0620. The maximum absolute atomic E-state index is 11.0. The first-order valence-corrected chi connectivity index (χ1v) is 21.8. The molecule has 0 aliphatic carbocycles. The Labute approximate surface area is 395 Å². The fourth-order valence-corrected chi connectivity index (χ4v) is 6.47. The van der Waals surface area contributed by atoms with Crippen LogP contribution in [0.15, 0.2) is 48.5 Å². The van der Waals surface area contributed by atoms with Gasteiger partial charge in [-0.05, 0) is 116 Å². The van der Waals surface area contributed by atoms with Gasteiger partial charge in [0.05, 0.1) is 0 Å². The summed E-state index contributed by atoms with van der Waals surface area (Å²) in [6.07, 6.45) is 0. The standard InChI is InChI=1S/4C13H18O3.Cu/c4*1-7(2)9-5-10(8(3)4)12(14)11(6-9)13(15)16;/h4*5-8,14H,1-4H3,(H,15,16);. The summed E-state index contributed by atoms with van der Waals surface area (Å²) in [5.74, 6) is -3.33. The zero-order valence-corrected chi connectivity index (χ0v) is 41.7. The summed E-state index contributed by atoms with van der Waals surface area (Å²) in [6, 6.07) is 13.7. The van der Waals surface area contributed by atoms with Gasteiger partial charge in [-0.1, -0.05) is 135 Å². The summed E-state index contributed by atoms with van der Waals surface area (Å²) in [6.45, 7) is 31.5. The van der Waals surface area contributed by atoms with Crippen molar-refractivity contribution in [3.8, 4) is 23.0 Å². The first kappa shape index (κ1) is 59.5. The van der Waals surface area contributed by atoms with E-state index in [1.807, 2.05) is 135 Å². The molecule has 0 aliphatic heterocycles. The molecule has 12 nitrogen and oxygen atoms in total. The van der Waals surface area contributed by atoms with Crippen molar-refractivity contribution in [3.05, 3.63) is 115 Å². The van der Waals surface area contributed by atoms with Crippen molar-refractivity contribution < 1.29 is 77.1 Å². The monoisotopic (exact) mass is 951 g/mol. The molecule has 8 N–H and O–H groups in total. The molecule has 0 spiro atoms. The smallest absolute Gasteiger partial charge is 0.339 e. The van der Waals surface area contributed by atoms with Gasteiger partial charge < -0.3 is 40.9 Å². The van der Waals surface area contributed by atoms with Gasteiger partial charge in [0.25, 0.3) is 0 Å². The molecule has 0 saturated carbocycles. The van der Waals surface area contributed by atoms with Crippen LogP contribution < -0.4 is 0 Å². The molecule has 0 heterocycles. The molecular weight excluding hydrogens is 880 g/mol. The maximum Gasteiger partial charge on any atom is 0.339 e. The Kier molecular flexibility index (Phi) is 23.6. The van der Waals surface area contributed by atoms with E-state index in [2.05, 4.69) is 0 Å². The van der Waals surface area contributed by atoms with E-state index in [0.29, 0.717) is 22.3 Å². The van der Waals surface area contributed by atoms with Gasteiger partial charge in [-0.15, -0.1) is 0 Å². The molecule has 0 aliphatic rings. The molecule has 4 aromatic carbocycles.